The van der Waals surface area contributed by atoms with Crippen LogP contribution in [0.5, 0.6) is 5.75 Å². The summed E-state index contributed by atoms with van der Waals surface area (Å²) in [5.41, 5.74) is 8.12. The third kappa shape index (κ3) is 12.2. The van der Waals surface area contributed by atoms with Crippen molar-refractivity contribution in [2.24, 2.45) is 5.73 Å². The third-order valence-electron chi connectivity index (χ3n) is 9.55. The van der Waals surface area contributed by atoms with Crippen LogP contribution in [0.2, 0.25) is 0 Å². The van der Waals surface area contributed by atoms with Gasteiger partial charge >= 0.3 is 11.9 Å². The van der Waals surface area contributed by atoms with E-state index in [1.54, 1.807) is 36.5 Å². The number of nitrogens with zero attached hydrogens (tertiary/aromatic N) is 1. The fraction of sp³-hybridized carbons (Fsp3) is 0.421. The number of amides is 6. The Morgan fingerprint density at radius 1 is 0.862 bits per heavy atom. The van der Waals surface area contributed by atoms with Crippen molar-refractivity contribution < 1.29 is 58.8 Å². The van der Waals surface area contributed by atoms with Crippen molar-refractivity contribution in [2.45, 2.75) is 81.7 Å². The largest absolute Gasteiger partial charge is 0.508 e. The van der Waals surface area contributed by atoms with Crippen molar-refractivity contribution in [3.8, 4) is 5.75 Å². The van der Waals surface area contributed by atoms with Crippen LogP contribution in [-0.2, 0) is 51.2 Å². The molecule has 6 atom stereocenters. The zero-order valence-corrected chi connectivity index (χ0v) is 31.6. The molecule has 0 radical (unpaired) electrons. The van der Waals surface area contributed by atoms with Gasteiger partial charge in [0.25, 0.3) is 0 Å². The molecule has 1 fully saturated rings. The number of H-pyrrole nitrogens is 1. The van der Waals surface area contributed by atoms with Crippen LogP contribution in [0.4, 0.5) is 0 Å². The topological polar surface area (TPSA) is 323 Å². The zero-order valence-electron chi connectivity index (χ0n) is 31.6. The molecule has 1 saturated heterocycles. The lowest BCUT2D eigenvalue weighted by Gasteiger charge is -2.30. The molecule has 0 bridgehead atoms. The molecule has 3 aromatic rings. The Bertz CT molecular complexity index is 1990. The minimum atomic E-state index is -1.53. The first-order chi connectivity index (χ1) is 27.6. The Hall–Kier alpha value is -6.54. The van der Waals surface area contributed by atoms with Crippen molar-refractivity contribution in [3.05, 3.63) is 65.9 Å². The van der Waals surface area contributed by atoms with Crippen LogP contribution in [0, 0.1) is 0 Å². The maximum atomic E-state index is 13.9. The molecule has 20 nitrogen and oxygen atoms in total. The number of nitrogens with two attached hydrogens (primary N) is 1. The Balaban J connectivity index is 1.48. The smallest absolute Gasteiger partial charge is 0.325 e. The average Bonchev–Trinajstić information content (AvgIpc) is 3.85. The number of para-hydroxylation sites is 1. The van der Waals surface area contributed by atoms with Gasteiger partial charge in [-0.25, -0.2) is 0 Å². The Kier molecular flexibility index (Phi) is 15.7. The quantitative estimate of drug-likeness (QED) is 0.0589. The Labute approximate surface area is 331 Å². The fourth-order valence-electron chi connectivity index (χ4n) is 6.39. The molecule has 0 saturated carbocycles. The number of aliphatic carboxylic acids is 2. The molecule has 1 aliphatic heterocycles. The first kappa shape index (κ1) is 44.2. The number of hydrogen-bond donors (Lipinski definition) is 11. The van der Waals surface area contributed by atoms with Crippen LogP contribution in [0.1, 0.15) is 43.7 Å². The van der Waals surface area contributed by atoms with E-state index in [9.17, 15) is 53.7 Å². The van der Waals surface area contributed by atoms with Gasteiger partial charge in [0.1, 0.15) is 36.0 Å². The minimum Gasteiger partial charge on any atom is -0.508 e. The summed E-state index contributed by atoms with van der Waals surface area (Å²) >= 11 is 0. The second-order valence-corrected chi connectivity index (χ2v) is 13.9. The number of aromatic amines is 1. The number of likely N-dealkylation sites (tertiary alicyclic amines) is 1. The van der Waals surface area contributed by atoms with E-state index in [0.29, 0.717) is 17.5 Å². The number of hydrogen-bond acceptors (Lipinski definition) is 11. The van der Waals surface area contributed by atoms with Crippen LogP contribution in [0.3, 0.4) is 0 Å². The predicted octanol–water partition coefficient (Wildman–Crippen LogP) is -2.01. The number of phenols is 1. The molecule has 12 N–H and O–H groups in total. The lowest BCUT2D eigenvalue weighted by molar-refractivity contribution is -0.143. The van der Waals surface area contributed by atoms with E-state index < -0.39 is 103 Å². The van der Waals surface area contributed by atoms with Gasteiger partial charge in [-0.15, -0.1) is 0 Å². The summed E-state index contributed by atoms with van der Waals surface area (Å²) in [6.45, 7) is -0.305. The van der Waals surface area contributed by atoms with Crippen LogP contribution in [0.15, 0.2) is 54.7 Å². The van der Waals surface area contributed by atoms with Gasteiger partial charge in [-0.05, 0) is 61.9 Å². The van der Waals surface area contributed by atoms with E-state index >= 15 is 0 Å². The lowest BCUT2D eigenvalue weighted by Crippen LogP contribution is -2.58. The highest BCUT2D eigenvalue weighted by Gasteiger charge is 2.39. The summed E-state index contributed by atoms with van der Waals surface area (Å²) in [5.74, 6) is -7.44. The van der Waals surface area contributed by atoms with Gasteiger partial charge in [0, 0.05) is 36.5 Å². The molecule has 4 rings (SSSR count). The van der Waals surface area contributed by atoms with Crippen molar-refractivity contribution in [2.75, 3.05) is 19.7 Å². The summed E-state index contributed by atoms with van der Waals surface area (Å²) < 4.78 is 0. The number of aromatic hydroxyl groups is 1. The maximum Gasteiger partial charge on any atom is 0.325 e. The van der Waals surface area contributed by atoms with E-state index in [-0.39, 0.29) is 38.0 Å². The maximum absolute atomic E-state index is 13.9. The number of fused-ring (bicyclic) bond motifs is 1. The number of aliphatic hydroxyl groups is 1. The second kappa shape index (κ2) is 20.6. The molecule has 0 spiro atoms. The highest BCUT2D eigenvalue weighted by molar-refractivity contribution is 5.97. The number of aromatic nitrogens is 1. The lowest BCUT2D eigenvalue weighted by atomic mass is 10.0. The van der Waals surface area contributed by atoms with E-state index in [2.05, 4.69) is 31.6 Å². The Morgan fingerprint density at radius 3 is 2.24 bits per heavy atom. The number of carbonyl (C=O) groups excluding carboxylic acids is 6. The van der Waals surface area contributed by atoms with Gasteiger partial charge < -0.3 is 62.6 Å². The molecule has 2 aromatic carbocycles. The van der Waals surface area contributed by atoms with Gasteiger partial charge in [-0.1, -0.05) is 30.3 Å². The summed E-state index contributed by atoms with van der Waals surface area (Å²) in [6, 6.07) is 5.41. The van der Waals surface area contributed by atoms with Crippen molar-refractivity contribution >= 4 is 58.3 Å². The highest BCUT2D eigenvalue weighted by atomic mass is 16.4. The number of benzene rings is 2. The normalized spacial score (nSPS) is 16.3. The molecule has 58 heavy (non-hydrogen) atoms. The summed E-state index contributed by atoms with van der Waals surface area (Å²) in [4.78, 5) is 107. The van der Waals surface area contributed by atoms with Crippen LogP contribution in [0.25, 0.3) is 10.9 Å². The van der Waals surface area contributed by atoms with E-state index in [1.165, 1.54) is 24.0 Å². The number of carboxylic acids is 2. The first-order valence-electron chi connectivity index (χ1n) is 18.5. The number of aliphatic hydroxyl groups excluding tert-OH is 1. The van der Waals surface area contributed by atoms with Gasteiger partial charge in [0.15, 0.2) is 0 Å². The van der Waals surface area contributed by atoms with Crippen molar-refractivity contribution in [1.29, 1.82) is 0 Å². The molecular formula is C38H48N8O12. The third-order valence-corrected chi connectivity index (χ3v) is 9.55. The Morgan fingerprint density at radius 2 is 1.57 bits per heavy atom. The summed E-state index contributed by atoms with van der Waals surface area (Å²) in [7, 11) is 0. The van der Waals surface area contributed by atoms with Gasteiger partial charge in [-0.2, -0.15) is 0 Å². The summed E-state index contributed by atoms with van der Waals surface area (Å²) in [5, 5.41) is 50.3. The SMILES string of the molecule is C[C@H](NC(=O)[C@H](CO)NC(=O)CNC(=O)[C@H](Cc1c[nH]c2ccccc12)NC(=O)[C@@H]1CCCN1C(=O)[C@H](CCC(=O)O)NC(=O)[C@@H](N)Cc1ccc(O)cc1)C(=O)O. The molecule has 6 amide bonds. The number of rotatable bonds is 20. The van der Waals surface area contributed by atoms with Crippen molar-refractivity contribution in [1.82, 2.24) is 36.5 Å². The number of carboxylic acid groups (broad SMARTS) is 2. The molecule has 0 aliphatic carbocycles. The van der Waals surface area contributed by atoms with Crippen molar-refractivity contribution in [3.63, 3.8) is 0 Å². The number of phenolic OH excluding ortho intramolecular Hbond substituents is 1. The summed E-state index contributed by atoms with van der Waals surface area (Å²) in [6.07, 6.45) is 1.38. The fourth-order valence-corrected chi connectivity index (χ4v) is 6.39. The number of nitrogens with one attached hydrogen (secondary N) is 6. The van der Waals surface area contributed by atoms with E-state index in [1.807, 2.05) is 6.07 Å². The zero-order chi connectivity index (χ0) is 42.5. The van der Waals surface area contributed by atoms with E-state index in [4.69, 9.17) is 10.8 Å². The van der Waals surface area contributed by atoms with Gasteiger partial charge in [0.2, 0.25) is 35.4 Å². The van der Waals surface area contributed by atoms with Crippen LogP contribution >= 0.6 is 0 Å². The average molecular weight is 809 g/mol. The van der Waals surface area contributed by atoms with Crippen LogP contribution in [-0.4, -0.2) is 134 Å². The van der Waals surface area contributed by atoms with E-state index in [0.717, 1.165) is 10.9 Å². The molecule has 1 aliphatic rings. The standard InChI is InChI=1S/C38H48N8O12/c1-20(38(57)58)42-35(54)29(19-47)43-31(49)18-41-34(53)28(16-22-17-40-26-6-3-2-5-24(22)26)45-36(55)30-7-4-14-46(30)37(56)27(12-13-32(50)51)44-33(52)25(39)15-21-8-10-23(48)11-9-21/h2-3,5-6,8-11,17,20,25,27-30,40,47-48H,4,7,12-16,18-19,39H2,1H3,(H,41,53)(H,42,54)(H,43,49)(H,44,52)(H,45,55)(H,50,51)(H,57,58)/t20-,25-,27-,28-,29-,30-/m0/s1. The monoisotopic (exact) mass is 808 g/mol. The molecule has 1 aromatic heterocycles. The van der Waals surface area contributed by atoms with Gasteiger partial charge in [-0.3, -0.25) is 38.4 Å². The first-order valence-corrected chi connectivity index (χ1v) is 18.5. The number of carbonyl (C=O) groups is 8. The molecule has 20 heteroatoms. The molecule has 0 unspecified atom stereocenters. The molecule has 312 valence electrons. The van der Waals surface area contributed by atoms with Crippen LogP contribution < -0.4 is 32.3 Å². The van der Waals surface area contributed by atoms with Gasteiger partial charge in [0.05, 0.1) is 19.2 Å². The highest BCUT2D eigenvalue weighted by Crippen LogP contribution is 2.22. The second-order valence-electron chi connectivity index (χ2n) is 13.9. The predicted molar refractivity (Wildman–Crippen MR) is 205 cm³/mol. The molecule has 2 heterocycles. The molecular weight excluding hydrogens is 760 g/mol. The minimum absolute atomic E-state index is 0.0179.